The predicted molar refractivity (Wildman–Crippen MR) is 52.2 cm³/mol. The summed E-state index contributed by atoms with van der Waals surface area (Å²) in [6.07, 6.45) is 0.792. The molecule has 5 heteroatoms. The van der Waals surface area contributed by atoms with E-state index in [0.29, 0.717) is 26.4 Å². The number of carbonyl (C=O) groups excluding carboxylic acids is 1. The highest BCUT2D eigenvalue weighted by molar-refractivity contribution is 5.76. The Morgan fingerprint density at radius 3 is 2.50 bits per heavy atom. The van der Waals surface area contributed by atoms with Crippen molar-refractivity contribution in [2.24, 2.45) is 0 Å². The molecule has 0 aromatic carbocycles. The molecule has 0 aromatic rings. The van der Waals surface area contributed by atoms with Crippen molar-refractivity contribution in [2.75, 3.05) is 47.2 Å². The fourth-order valence-corrected chi connectivity index (χ4v) is 0.744. The third-order valence-electron chi connectivity index (χ3n) is 1.52. The normalized spacial score (nSPS) is 10.1. The Bertz CT molecular complexity index is 141. The van der Waals surface area contributed by atoms with Gasteiger partial charge in [-0.25, -0.2) is 0 Å². The first kappa shape index (κ1) is 13.4. The van der Waals surface area contributed by atoms with Crippen LogP contribution < -0.4 is 5.32 Å². The van der Waals surface area contributed by atoms with Crippen LogP contribution in [0.1, 0.15) is 6.42 Å². The Hall–Kier alpha value is -0.650. The summed E-state index contributed by atoms with van der Waals surface area (Å²) < 4.78 is 15.1. The summed E-state index contributed by atoms with van der Waals surface area (Å²) in [5, 5.41) is 2.47. The molecule has 0 saturated carbocycles. The Balaban J connectivity index is 2.95. The second-order valence-electron chi connectivity index (χ2n) is 2.68. The van der Waals surface area contributed by atoms with Gasteiger partial charge in [0.15, 0.2) is 0 Å². The number of ether oxygens (including phenoxy) is 3. The van der Waals surface area contributed by atoms with Gasteiger partial charge in [-0.1, -0.05) is 0 Å². The molecule has 0 bridgehead atoms. The number of carbonyl (C=O) groups is 1. The maximum atomic E-state index is 10.7. The molecule has 0 spiro atoms. The zero-order valence-corrected chi connectivity index (χ0v) is 8.88. The number of nitrogens with one attached hydrogen (secondary N) is 1. The molecule has 0 radical (unpaired) electrons. The van der Waals surface area contributed by atoms with Gasteiger partial charge in [0.25, 0.3) is 0 Å². The van der Waals surface area contributed by atoms with Crippen LogP contribution in [-0.4, -0.2) is 53.1 Å². The van der Waals surface area contributed by atoms with E-state index < -0.39 is 0 Å². The van der Waals surface area contributed by atoms with Crippen LogP contribution in [-0.2, 0) is 19.0 Å². The minimum Gasteiger partial charge on any atom is -0.382 e. The first-order valence-electron chi connectivity index (χ1n) is 4.66. The maximum absolute atomic E-state index is 10.7. The smallest absolute Gasteiger partial charge is 0.245 e. The van der Waals surface area contributed by atoms with E-state index in [-0.39, 0.29) is 12.5 Å². The molecule has 1 N–H and O–H groups in total. The van der Waals surface area contributed by atoms with Crippen LogP contribution in [0.15, 0.2) is 0 Å². The van der Waals surface area contributed by atoms with Crippen molar-refractivity contribution >= 4 is 5.91 Å². The summed E-state index contributed by atoms with van der Waals surface area (Å²) in [5.41, 5.74) is 0. The van der Waals surface area contributed by atoms with Crippen LogP contribution in [0.25, 0.3) is 0 Å². The summed E-state index contributed by atoms with van der Waals surface area (Å²) in [6, 6.07) is 0. The van der Waals surface area contributed by atoms with E-state index in [9.17, 15) is 4.79 Å². The van der Waals surface area contributed by atoms with Crippen molar-refractivity contribution in [3.63, 3.8) is 0 Å². The van der Waals surface area contributed by atoms with E-state index in [1.165, 1.54) is 0 Å². The highest BCUT2D eigenvalue weighted by Gasteiger charge is 1.96. The topological polar surface area (TPSA) is 56.8 Å². The summed E-state index contributed by atoms with van der Waals surface area (Å²) in [5.74, 6) is -0.106. The van der Waals surface area contributed by atoms with Gasteiger partial charge in [0.2, 0.25) is 5.91 Å². The Morgan fingerprint density at radius 2 is 1.86 bits per heavy atom. The molecule has 0 aliphatic rings. The average Bonchev–Trinajstić information content (AvgIpc) is 2.21. The summed E-state index contributed by atoms with van der Waals surface area (Å²) in [7, 11) is 3.22. The van der Waals surface area contributed by atoms with Crippen molar-refractivity contribution in [1.29, 1.82) is 0 Å². The summed E-state index contributed by atoms with van der Waals surface area (Å²) >= 11 is 0. The number of methoxy groups -OCH3 is 1. The standard InChI is InChI=1S/C9H19NO4/c1-10-9(11)8-14-5-3-4-13-7-6-12-2/h3-8H2,1-2H3,(H,10,11). The SMILES string of the molecule is CNC(=O)COCCCOCCOC. The van der Waals surface area contributed by atoms with E-state index in [1.54, 1.807) is 14.2 Å². The van der Waals surface area contributed by atoms with Gasteiger partial charge < -0.3 is 19.5 Å². The predicted octanol–water partition coefficient (Wildman–Crippen LogP) is -0.198. The van der Waals surface area contributed by atoms with E-state index in [1.807, 2.05) is 0 Å². The third kappa shape index (κ3) is 9.44. The van der Waals surface area contributed by atoms with Gasteiger partial charge in [-0.15, -0.1) is 0 Å². The average molecular weight is 205 g/mol. The van der Waals surface area contributed by atoms with Gasteiger partial charge in [-0.3, -0.25) is 4.79 Å². The molecule has 1 amide bonds. The molecule has 0 aromatic heterocycles. The van der Waals surface area contributed by atoms with Crippen LogP contribution in [0.4, 0.5) is 0 Å². The van der Waals surface area contributed by atoms with Crippen molar-refractivity contribution in [3.05, 3.63) is 0 Å². The molecule has 0 fully saturated rings. The fraction of sp³-hybridized carbons (Fsp3) is 0.889. The minimum atomic E-state index is -0.106. The molecule has 14 heavy (non-hydrogen) atoms. The lowest BCUT2D eigenvalue weighted by atomic mass is 10.5. The third-order valence-corrected chi connectivity index (χ3v) is 1.52. The van der Waals surface area contributed by atoms with Gasteiger partial charge in [-0.05, 0) is 6.42 Å². The molecule has 0 heterocycles. The zero-order chi connectivity index (χ0) is 10.6. The van der Waals surface area contributed by atoms with E-state index in [4.69, 9.17) is 14.2 Å². The van der Waals surface area contributed by atoms with E-state index >= 15 is 0 Å². The number of hydrogen-bond acceptors (Lipinski definition) is 4. The first-order chi connectivity index (χ1) is 6.81. The highest BCUT2D eigenvalue weighted by Crippen LogP contribution is 1.85. The molecular weight excluding hydrogens is 186 g/mol. The molecule has 0 aliphatic carbocycles. The van der Waals surface area contributed by atoms with Crippen LogP contribution in [0, 0.1) is 0 Å². The number of hydrogen-bond donors (Lipinski definition) is 1. The van der Waals surface area contributed by atoms with Crippen molar-refractivity contribution in [3.8, 4) is 0 Å². The second-order valence-corrected chi connectivity index (χ2v) is 2.68. The van der Waals surface area contributed by atoms with E-state index in [2.05, 4.69) is 5.32 Å². The number of amides is 1. The van der Waals surface area contributed by atoms with Gasteiger partial charge in [0.1, 0.15) is 6.61 Å². The van der Waals surface area contributed by atoms with Gasteiger partial charge >= 0.3 is 0 Å². The van der Waals surface area contributed by atoms with Crippen molar-refractivity contribution in [2.45, 2.75) is 6.42 Å². The summed E-state index contributed by atoms with van der Waals surface area (Å²) in [4.78, 5) is 10.7. The lowest BCUT2D eigenvalue weighted by Crippen LogP contribution is -2.23. The van der Waals surface area contributed by atoms with Gasteiger partial charge in [0, 0.05) is 27.4 Å². The van der Waals surface area contributed by atoms with Crippen LogP contribution in [0.3, 0.4) is 0 Å². The summed E-state index contributed by atoms with van der Waals surface area (Å²) in [6.45, 7) is 2.51. The van der Waals surface area contributed by atoms with Crippen LogP contribution in [0.2, 0.25) is 0 Å². The molecular formula is C9H19NO4. The second kappa shape index (κ2) is 10.4. The fourth-order valence-electron chi connectivity index (χ4n) is 0.744. The van der Waals surface area contributed by atoms with Crippen LogP contribution in [0.5, 0.6) is 0 Å². The Labute approximate surface area is 84.7 Å². The van der Waals surface area contributed by atoms with Gasteiger partial charge in [-0.2, -0.15) is 0 Å². The first-order valence-corrected chi connectivity index (χ1v) is 4.66. The molecule has 0 saturated heterocycles. The largest absolute Gasteiger partial charge is 0.382 e. The lowest BCUT2D eigenvalue weighted by molar-refractivity contribution is -0.125. The van der Waals surface area contributed by atoms with Crippen molar-refractivity contribution < 1.29 is 19.0 Å². The molecule has 0 rings (SSSR count). The zero-order valence-electron chi connectivity index (χ0n) is 8.88. The monoisotopic (exact) mass is 205 g/mol. The van der Waals surface area contributed by atoms with Crippen molar-refractivity contribution in [1.82, 2.24) is 5.32 Å². The maximum Gasteiger partial charge on any atom is 0.245 e. The molecule has 84 valence electrons. The number of likely N-dealkylation sites (N-methyl/N-ethyl adjacent to an activating group) is 1. The number of rotatable bonds is 9. The molecule has 0 unspecified atom stereocenters. The minimum absolute atomic E-state index is 0.106. The highest BCUT2D eigenvalue weighted by atomic mass is 16.5. The quantitative estimate of drug-likeness (QED) is 0.530. The lowest BCUT2D eigenvalue weighted by Gasteiger charge is -2.04. The molecule has 0 atom stereocenters. The van der Waals surface area contributed by atoms with E-state index in [0.717, 1.165) is 6.42 Å². The molecule has 0 aliphatic heterocycles. The Morgan fingerprint density at radius 1 is 1.14 bits per heavy atom. The molecule has 5 nitrogen and oxygen atoms in total. The van der Waals surface area contributed by atoms with Crippen LogP contribution >= 0.6 is 0 Å². The van der Waals surface area contributed by atoms with Gasteiger partial charge in [0.05, 0.1) is 13.2 Å². The Kier molecular flexibility index (Phi) is 9.95.